The normalized spacial score (nSPS) is 12.6. The Hall–Kier alpha value is -1.13. The van der Waals surface area contributed by atoms with Crippen molar-refractivity contribution < 1.29 is 5.11 Å². The van der Waals surface area contributed by atoms with E-state index in [9.17, 15) is 5.11 Å². The van der Waals surface area contributed by atoms with E-state index in [1.165, 1.54) is 5.56 Å². The van der Waals surface area contributed by atoms with Crippen LogP contribution in [0.2, 0.25) is 0 Å². The van der Waals surface area contributed by atoms with E-state index in [0.29, 0.717) is 0 Å². The Labute approximate surface area is 128 Å². The van der Waals surface area contributed by atoms with Gasteiger partial charge >= 0.3 is 0 Å². The number of aryl methyl sites for hydroxylation is 2. The van der Waals surface area contributed by atoms with Crippen LogP contribution in [0.15, 0.2) is 34.8 Å². The van der Waals surface area contributed by atoms with Crippen molar-refractivity contribution in [2.24, 2.45) is 13.0 Å². The van der Waals surface area contributed by atoms with Crippen LogP contribution >= 0.6 is 15.9 Å². The van der Waals surface area contributed by atoms with Crippen LogP contribution in [0.5, 0.6) is 0 Å². The van der Waals surface area contributed by atoms with Gasteiger partial charge in [0.05, 0.1) is 15.9 Å². The molecule has 0 aliphatic carbocycles. The Morgan fingerprint density at radius 3 is 2.50 bits per heavy atom. The minimum atomic E-state index is 0.188. The smallest absolute Gasteiger partial charge is 0.0766 e. The van der Waals surface area contributed by atoms with Crippen LogP contribution in [0.25, 0.3) is 0 Å². The summed E-state index contributed by atoms with van der Waals surface area (Å²) >= 11 is 3.64. The summed E-state index contributed by atoms with van der Waals surface area (Å²) in [4.78, 5) is 0. The Bertz CT molecular complexity index is 551. The molecule has 1 unspecified atom stereocenters. The number of aliphatic hydroxyl groups is 1. The number of hydrogen-bond donors (Lipinski definition) is 1. The Morgan fingerprint density at radius 1 is 1.25 bits per heavy atom. The first-order valence-electron chi connectivity index (χ1n) is 7.00. The number of hydrogen-bond acceptors (Lipinski definition) is 2. The van der Waals surface area contributed by atoms with E-state index in [2.05, 4.69) is 40.1 Å². The fraction of sp³-hybridized carbons (Fsp3) is 0.438. The SMILES string of the molecule is CCc1nn(C)c(CC(CO)Cc2ccccc2)c1Br. The molecule has 4 heteroatoms. The summed E-state index contributed by atoms with van der Waals surface area (Å²) in [5.74, 6) is 0.216. The lowest BCUT2D eigenvalue weighted by Gasteiger charge is -2.14. The van der Waals surface area contributed by atoms with Gasteiger partial charge in [-0.25, -0.2) is 0 Å². The molecule has 2 aromatic rings. The molecule has 0 fully saturated rings. The highest BCUT2D eigenvalue weighted by atomic mass is 79.9. The summed E-state index contributed by atoms with van der Waals surface area (Å²) in [6.07, 6.45) is 2.63. The predicted octanol–water partition coefficient (Wildman–Crippen LogP) is 3.14. The van der Waals surface area contributed by atoms with E-state index in [0.717, 1.165) is 35.1 Å². The largest absolute Gasteiger partial charge is 0.396 e. The third-order valence-electron chi connectivity index (χ3n) is 3.61. The standard InChI is InChI=1S/C16H21BrN2O/c1-3-14-16(17)15(19(2)18-14)10-13(11-20)9-12-7-5-4-6-8-12/h4-8,13,20H,3,9-11H2,1-2H3. The zero-order valence-electron chi connectivity index (χ0n) is 12.0. The van der Waals surface area contributed by atoms with Gasteiger partial charge in [-0.3, -0.25) is 4.68 Å². The molecule has 2 rings (SSSR count). The second-order valence-corrected chi connectivity index (χ2v) is 5.92. The molecule has 0 spiro atoms. The molecule has 0 radical (unpaired) electrons. The van der Waals surface area contributed by atoms with Crippen molar-refractivity contribution in [1.29, 1.82) is 0 Å². The number of rotatable bonds is 6. The van der Waals surface area contributed by atoms with Gasteiger partial charge in [-0.05, 0) is 46.7 Å². The molecule has 1 aromatic heterocycles. The predicted molar refractivity (Wildman–Crippen MR) is 84.7 cm³/mol. The zero-order valence-corrected chi connectivity index (χ0v) is 13.6. The van der Waals surface area contributed by atoms with Crippen molar-refractivity contribution in [3.8, 4) is 0 Å². The van der Waals surface area contributed by atoms with Crippen LogP contribution < -0.4 is 0 Å². The van der Waals surface area contributed by atoms with Gasteiger partial charge < -0.3 is 5.11 Å². The molecule has 0 saturated carbocycles. The molecular weight excluding hydrogens is 316 g/mol. The Morgan fingerprint density at radius 2 is 1.95 bits per heavy atom. The molecule has 0 saturated heterocycles. The maximum absolute atomic E-state index is 9.65. The van der Waals surface area contributed by atoms with Gasteiger partial charge in [0, 0.05) is 13.7 Å². The van der Waals surface area contributed by atoms with Crippen LogP contribution in [0.4, 0.5) is 0 Å². The van der Waals surface area contributed by atoms with Gasteiger partial charge in [0.15, 0.2) is 0 Å². The number of benzene rings is 1. The van der Waals surface area contributed by atoms with Crippen LogP contribution in [0, 0.1) is 5.92 Å². The molecular formula is C16H21BrN2O. The summed E-state index contributed by atoms with van der Waals surface area (Å²) in [6.45, 7) is 2.29. The fourth-order valence-electron chi connectivity index (χ4n) is 2.46. The van der Waals surface area contributed by atoms with Crippen LogP contribution in [-0.2, 0) is 26.3 Å². The van der Waals surface area contributed by atoms with E-state index in [1.54, 1.807) is 0 Å². The zero-order chi connectivity index (χ0) is 14.5. The topological polar surface area (TPSA) is 38.0 Å². The quantitative estimate of drug-likeness (QED) is 0.879. The lowest BCUT2D eigenvalue weighted by molar-refractivity contribution is 0.223. The molecule has 108 valence electrons. The van der Waals surface area contributed by atoms with E-state index in [1.807, 2.05) is 29.9 Å². The number of halogens is 1. The first-order chi connectivity index (χ1) is 9.65. The molecule has 1 N–H and O–H groups in total. The van der Waals surface area contributed by atoms with E-state index >= 15 is 0 Å². The molecule has 0 aliphatic rings. The maximum atomic E-state index is 9.65. The van der Waals surface area contributed by atoms with E-state index < -0.39 is 0 Å². The van der Waals surface area contributed by atoms with Gasteiger partial charge in [-0.2, -0.15) is 5.10 Å². The highest BCUT2D eigenvalue weighted by molar-refractivity contribution is 9.10. The van der Waals surface area contributed by atoms with Crippen molar-refractivity contribution in [3.63, 3.8) is 0 Å². The summed E-state index contributed by atoms with van der Waals surface area (Å²) in [7, 11) is 1.97. The van der Waals surface area contributed by atoms with Crippen molar-refractivity contribution in [3.05, 3.63) is 51.8 Å². The average molecular weight is 337 g/mol. The van der Waals surface area contributed by atoms with Gasteiger partial charge in [-0.1, -0.05) is 37.3 Å². The third-order valence-corrected chi connectivity index (χ3v) is 4.53. The van der Waals surface area contributed by atoms with Gasteiger partial charge in [0.2, 0.25) is 0 Å². The first-order valence-corrected chi connectivity index (χ1v) is 7.80. The molecule has 3 nitrogen and oxygen atoms in total. The summed E-state index contributed by atoms with van der Waals surface area (Å²) in [5, 5.41) is 14.2. The second-order valence-electron chi connectivity index (χ2n) is 5.13. The minimum absolute atomic E-state index is 0.188. The lowest BCUT2D eigenvalue weighted by atomic mass is 9.95. The Kier molecular flexibility index (Phi) is 5.38. The van der Waals surface area contributed by atoms with Crippen molar-refractivity contribution >= 4 is 15.9 Å². The fourth-order valence-corrected chi connectivity index (χ4v) is 3.24. The van der Waals surface area contributed by atoms with Gasteiger partial charge in [-0.15, -0.1) is 0 Å². The highest BCUT2D eigenvalue weighted by Gasteiger charge is 2.17. The molecule has 1 atom stereocenters. The van der Waals surface area contributed by atoms with Crippen LogP contribution in [-0.4, -0.2) is 21.5 Å². The van der Waals surface area contributed by atoms with Crippen molar-refractivity contribution in [1.82, 2.24) is 9.78 Å². The number of nitrogens with zero attached hydrogens (tertiary/aromatic N) is 2. The van der Waals surface area contributed by atoms with Gasteiger partial charge in [0.25, 0.3) is 0 Å². The monoisotopic (exact) mass is 336 g/mol. The lowest BCUT2D eigenvalue weighted by Crippen LogP contribution is -2.15. The molecule has 20 heavy (non-hydrogen) atoms. The molecule has 0 bridgehead atoms. The molecule has 0 aliphatic heterocycles. The summed E-state index contributed by atoms with van der Waals surface area (Å²) in [5.41, 5.74) is 3.51. The Balaban J connectivity index is 2.12. The summed E-state index contributed by atoms with van der Waals surface area (Å²) < 4.78 is 3.02. The van der Waals surface area contributed by atoms with Crippen molar-refractivity contribution in [2.75, 3.05) is 6.61 Å². The second kappa shape index (κ2) is 7.04. The van der Waals surface area contributed by atoms with Crippen molar-refractivity contribution in [2.45, 2.75) is 26.2 Å². The number of aliphatic hydroxyl groups excluding tert-OH is 1. The average Bonchev–Trinajstić information content (AvgIpc) is 2.74. The first kappa shape index (κ1) is 15.3. The van der Waals surface area contributed by atoms with Crippen LogP contribution in [0.3, 0.4) is 0 Å². The highest BCUT2D eigenvalue weighted by Crippen LogP contribution is 2.25. The molecule has 1 aromatic carbocycles. The molecule has 1 heterocycles. The summed E-state index contributed by atoms with van der Waals surface area (Å²) in [6, 6.07) is 10.3. The minimum Gasteiger partial charge on any atom is -0.396 e. The molecule has 0 amide bonds. The van der Waals surface area contributed by atoms with E-state index in [4.69, 9.17) is 0 Å². The third kappa shape index (κ3) is 3.49. The number of aromatic nitrogens is 2. The van der Waals surface area contributed by atoms with E-state index in [-0.39, 0.29) is 12.5 Å². The van der Waals surface area contributed by atoms with Gasteiger partial charge in [0.1, 0.15) is 0 Å². The maximum Gasteiger partial charge on any atom is 0.0766 e. The van der Waals surface area contributed by atoms with Crippen LogP contribution in [0.1, 0.15) is 23.9 Å².